The van der Waals surface area contributed by atoms with E-state index in [0.717, 1.165) is 29.9 Å². The summed E-state index contributed by atoms with van der Waals surface area (Å²) in [5.41, 5.74) is 2.67. The van der Waals surface area contributed by atoms with E-state index in [0.29, 0.717) is 36.3 Å². The van der Waals surface area contributed by atoms with Gasteiger partial charge in [0.15, 0.2) is 0 Å². The smallest absolute Gasteiger partial charge is 0.303 e. The van der Waals surface area contributed by atoms with Gasteiger partial charge in [0.25, 0.3) is 5.91 Å². The Kier molecular flexibility index (Phi) is 8.93. The lowest BCUT2D eigenvalue weighted by molar-refractivity contribution is -0.137. The van der Waals surface area contributed by atoms with E-state index in [-0.39, 0.29) is 24.8 Å². The van der Waals surface area contributed by atoms with Crippen LogP contribution in [0.3, 0.4) is 0 Å². The first-order chi connectivity index (χ1) is 17.5. The Hall–Kier alpha value is -3.41. The molecular formula is C30H36N2O4. The number of aliphatic carboxylic acids is 1. The number of carboxylic acids is 1. The van der Waals surface area contributed by atoms with E-state index < -0.39 is 5.97 Å². The van der Waals surface area contributed by atoms with Crippen molar-refractivity contribution in [1.82, 2.24) is 10.6 Å². The third-order valence-electron chi connectivity index (χ3n) is 7.81. The molecule has 6 heteroatoms. The first kappa shape index (κ1) is 25.7. The van der Waals surface area contributed by atoms with Gasteiger partial charge in [-0.1, -0.05) is 54.6 Å². The summed E-state index contributed by atoms with van der Waals surface area (Å²) in [5.74, 6) is 1.27. The van der Waals surface area contributed by atoms with Crippen LogP contribution >= 0.6 is 0 Å². The highest BCUT2D eigenvalue weighted by Crippen LogP contribution is 2.53. The number of rotatable bonds is 12. The average Bonchev–Trinajstić information content (AvgIpc) is 3.50. The molecule has 2 aromatic carbocycles. The molecule has 2 aliphatic carbocycles. The number of hydrogen-bond donors (Lipinski definition) is 3. The maximum absolute atomic E-state index is 12.5. The molecule has 2 aromatic rings. The van der Waals surface area contributed by atoms with E-state index in [4.69, 9.17) is 5.11 Å². The second-order valence-electron chi connectivity index (χ2n) is 10.1. The second-order valence-corrected chi connectivity index (χ2v) is 10.1. The summed E-state index contributed by atoms with van der Waals surface area (Å²) < 4.78 is 0. The van der Waals surface area contributed by atoms with Gasteiger partial charge >= 0.3 is 5.97 Å². The number of nitrogens with one attached hydrogen (secondary N) is 2. The minimum Gasteiger partial charge on any atom is -0.481 e. The number of allylic oxidation sites excluding steroid dienone is 2. The minimum absolute atomic E-state index is 0.0335. The summed E-state index contributed by atoms with van der Waals surface area (Å²) in [6, 6.07) is 17.4. The highest BCUT2D eigenvalue weighted by Gasteiger charge is 2.46. The van der Waals surface area contributed by atoms with Gasteiger partial charge < -0.3 is 15.7 Å². The van der Waals surface area contributed by atoms with Crippen molar-refractivity contribution in [3.8, 4) is 11.1 Å². The van der Waals surface area contributed by atoms with Gasteiger partial charge in [0.1, 0.15) is 0 Å². The Morgan fingerprint density at radius 1 is 0.861 bits per heavy atom. The third-order valence-corrected chi connectivity index (χ3v) is 7.81. The quantitative estimate of drug-likeness (QED) is 0.287. The maximum atomic E-state index is 12.5. The van der Waals surface area contributed by atoms with Gasteiger partial charge in [-0.3, -0.25) is 14.4 Å². The largest absolute Gasteiger partial charge is 0.481 e. The molecule has 0 radical (unpaired) electrons. The first-order valence-corrected chi connectivity index (χ1v) is 13.1. The van der Waals surface area contributed by atoms with Crippen molar-refractivity contribution in [3.63, 3.8) is 0 Å². The molecule has 190 valence electrons. The summed E-state index contributed by atoms with van der Waals surface area (Å²) >= 11 is 0. The number of benzene rings is 2. The van der Waals surface area contributed by atoms with Gasteiger partial charge in [-0.05, 0) is 85.5 Å². The predicted molar refractivity (Wildman–Crippen MR) is 140 cm³/mol. The molecule has 0 heterocycles. The Labute approximate surface area is 213 Å². The first-order valence-electron chi connectivity index (χ1n) is 13.1. The number of amides is 2. The maximum Gasteiger partial charge on any atom is 0.303 e. The fourth-order valence-corrected chi connectivity index (χ4v) is 5.96. The SMILES string of the molecule is O=C(O)CCCC=CC[C@H]1[C@H]2CC[C@H](C2)[C@H]1CNC(=O)CNC(=O)c1ccc(-c2ccccc2)cc1. The van der Waals surface area contributed by atoms with E-state index in [1.807, 2.05) is 42.5 Å². The molecule has 2 aliphatic rings. The lowest BCUT2D eigenvalue weighted by atomic mass is 9.77. The Bertz CT molecular complexity index is 1060. The van der Waals surface area contributed by atoms with Crippen LogP contribution in [0.4, 0.5) is 0 Å². The van der Waals surface area contributed by atoms with Crippen LogP contribution in [0, 0.1) is 23.7 Å². The Morgan fingerprint density at radius 3 is 2.28 bits per heavy atom. The van der Waals surface area contributed by atoms with Crippen molar-refractivity contribution in [1.29, 1.82) is 0 Å². The van der Waals surface area contributed by atoms with E-state index >= 15 is 0 Å². The number of carbonyl (C=O) groups excluding carboxylic acids is 2. The summed E-state index contributed by atoms with van der Waals surface area (Å²) in [6.07, 6.45) is 10.7. The number of fused-ring (bicyclic) bond motifs is 2. The molecule has 4 rings (SSSR count). The fraction of sp³-hybridized carbons (Fsp3) is 0.433. The predicted octanol–water partition coefficient (Wildman–Crippen LogP) is 5.06. The second kappa shape index (κ2) is 12.5. The van der Waals surface area contributed by atoms with Crippen LogP contribution in [-0.4, -0.2) is 36.0 Å². The molecule has 6 nitrogen and oxygen atoms in total. The lowest BCUT2D eigenvalue weighted by Gasteiger charge is -2.30. The van der Waals surface area contributed by atoms with Crippen LogP contribution in [0.1, 0.15) is 55.3 Å². The normalized spacial score (nSPS) is 22.6. The van der Waals surface area contributed by atoms with Gasteiger partial charge in [0.2, 0.25) is 5.91 Å². The number of unbranched alkanes of at least 4 members (excludes halogenated alkanes) is 1. The number of carbonyl (C=O) groups is 3. The van der Waals surface area contributed by atoms with Gasteiger partial charge in [-0.25, -0.2) is 0 Å². The summed E-state index contributed by atoms with van der Waals surface area (Å²) in [4.78, 5) is 35.6. The van der Waals surface area contributed by atoms with E-state index in [1.165, 1.54) is 19.3 Å². The summed E-state index contributed by atoms with van der Waals surface area (Å²) in [6.45, 7) is 0.618. The zero-order valence-corrected chi connectivity index (χ0v) is 20.7. The van der Waals surface area contributed by atoms with Crippen molar-refractivity contribution < 1.29 is 19.5 Å². The van der Waals surface area contributed by atoms with Crippen molar-refractivity contribution in [2.24, 2.45) is 23.7 Å². The van der Waals surface area contributed by atoms with Gasteiger partial charge in [0.05, 0.1) is 6.54 Å². The molecule has 2 fully saturated rings. The van der Waals surface area contributed by atoms with Crippen LogP contribution in [0.5, 0.6) is 0 Å². The van der Waals surface area contributed by atoms with Crippen molar-refractivity contribution in [2.75, 3.05) is 13.1 Å². The topological polar surface area (TPSA) is 95.5 Å². The molecule has 36 heavy (non-hydrogen) atoms. The number of carboxylic acid groups (broad SMARTS) is 1. The van der Waals surface area contributed by atoms with Crippen molar-refractivity contribution in [2.45, 2.75) is 44.9 Å². The van der Waals surface area contributed by atoms with Crippen LogP contribution in [0.15, 0.2) is 66.7 Å². The lowest BCUT2D eigenvalue weighted by Crippen LogP contribution is -2.41. The Morgan fingerprint density at radius 2 is 1.56 bits per heavy atom. The van der Waals surface area contributed by atoms with Crippen molar-refractivity contribution in [3.05, 3.63) is 72.3 Å². The molecule has 0 aromatic heterocycles. The average molecular weight is 489 g/mol. The van der Waals surface area contributed by atoms with Crippen LogP contribution in [-0.2, 0) is 9.59 Å². The standard InChI is InChI=1S/C30H36N2O4/c33-28(20-32-30(36)23-14-12-22(13-15-23)21-8-4-3-5-9-21)31-19-27-25-17-16-24(18-25)26(27)10-6-1-2-7-11-29(34)35/h1,3-6,8-9,12-15,24-27H,2,7,10-11,16-20H2,(H,31,33)(H,32,36)(H,34,35)/t24-,25+,26-,27+/m0/s1. The summed E-state index contributed by atoms with van der Waals surface area (Å²) in [5, 5.41) is 14.5. The molecular weight excluding hydrogens is 452 g/mol. The van der Waals surface area contributed by atoms with E-state index in [2.05, 4.69) is 22.8 Å². The molecule has 3 N–H and O–H groups in total. The molecule has 0 saturated heterocycles. The monoisotopic (exact) mass is 488 g/mol. The fourth-order valence-electron chi connectivity index (χ4n) is 5.96. The summed E-state index contributed by atoms with van der Waals surface area (Å²) in [7, 11) is 0. The highest BCUT2D eigenvalue weighted by atomic mass is 16.4. The molecule has 0 spiro atoms. The van der Waals surface area contributed by atoms with E-state index in [9.17, 15) is 14.4 Å². The van der Waals surface area contributed by atoms with Crippen molar-refractivity contribution >= 4 is 17.8 Å². The molecule has 4 atom stereocenters. The molecule has 2 bridgehead atoms. The third kappa shape index (κ3) is 6.84. The van der Waals surface area contributed by atoms with E-state index in [1.54, 1.807) is 12.1 Å². The molecule has 2 amide bonds. The zero-order chi connectivity index (χ0) is 25.3. The minimum atomic E-state index is -0.746. The van der Waals surface area contributed by atoms with Gasteiger partial charge in [-0.15, -0.1) is 0 Å². The molecule has 0 unspecified atom stereocenters. The molecule has 0 aliphatic heterocycles. The zero-order valence-electron chi connectivity index (χ0n) is 20.7. The Balaban J connectivity index is 1.20. The molecule has 2 saturated carbocycles. The van der Waals surface area contributed by atoms with Crippen LogP contribution in [0.25, 0.3) is 11.1 Å². The number of hydrogen-bond acceptors (Lipinski definition) is 3. The highest BCUT2D eigenvalue weighted by molar-refractivity contribution is 5.96. The van der Waals surface area contributed by atoms with Crippen LogP contribution in [0.2, 0.25) is 0 Å². The van der Waals surface area contributed by atoms with Gasteiger partial charge in [0, 0.05) is 18.5 Å². The van der Waals surface area contributed by atoms with Crippen LogP contribution < -0.4 is 10.6 Å². The van der Waals surface area contributed by atoms with Gasteiger partial charge in [-0.2, -0.15) is 0 Å².